The van der Waals surface area contributed by atoms with Crippen molar-refractivity contribution in [3.63, 3.8) is 0 Å². The highest BCUT2D eigenvalue weighted by atomic mass is 16.3. The van der Waals surface area contributed by atoms with Crippen molar-refractivity contribution in [2.45, 2.75) is 26.7 Å². The number of phenols is 4. The number of hydrogen-bond donors (Lipinski definition) is 4. The van der Waals surface area contributed by atoms with Gasteiger partial charge in [0.15, 0.2) is 11.5 Å². The van der Waals surface area contributed by atoms with Crippen molar-refractivity contribution in [2.24, 2.45) is 0 Å². The summed E-state index contributed by atoms with van der Waals surface area (Å²) in [6.07, 6.45) is 1.85. The Morgan fingerprint density at radius 2 is 0.857 bits per heavy atom. The fourth-order valence-electron chi connectivity index (χ4n) is 2.97. The summed E-state index contributed by atoms with van der Waals surface area (Å²) in [6, 6.07) is 20.8. The molecular weight excluding hydrogens is 352 g/mol. The van der Waals surface area contributed by atoms with E-state index in [-0.39, 0.29) is 23.0 Å². The molecule has 28 heavy (non-hydrogen) atoms. The zero-order chi connectivity index (χ0) is 20.5. The lowest BCUT2D eigenvalue weighted by Gasteiger charge is -2.14. The highest BCUT2D eigenvalue weighted by Gasteiger charge is 2.09. The standard InChI is InChI=1S/C18H20O2.C6H6O2/c1-3-17(13-5-9-15(19)10-6-13)18(4-2)14-7-11-16(20)12-8-14;7-5-3-1-2-4-6(5)8/h5-12,19-20H,3-4H2,1-2H3;1-4,7-8H/b18-17+;. The molecule has 0 aromatic heterocycles. The van der Waals surface area contributed by atoms with E-state index in [0.717, 1.165) is 24.0 Å². The molecule has 3 rings (SSSR count). The number of allylic oxidation sites excluding steroid dienone is 2. The van der Waals surface area contributed by atoms with Gasteiger partial charge in [-0.25, -0.2) is 0 Å². The van der Waals surface area contributed by atoms with Crippen LogP contribution < -0.4 is 0 Å². The molecule has 0 saturated carbocycles. The minimum absolute atomic E-state index is 0.0764. The zero-order valence-corrected chi connectivity index (χ0v) is 16.1. The summed E-state index contributed by atoms with van der Waals surface area (Å²) in [6.45, 7) is 4.27. The molecule has 0 radical (unpaired) electrons. The van der Waals surface area contributed by atoms with Gasteiger partial charge in [0.1, 0.15) is 11.5 Å². The van der Waals surface area contributed by atoms with E-state index in [4.69, 9.17) is 10.2 Å². The van der Waals surface area contributed by atoms with E-state index >= 15 is 0 Å². The van der Waals surface area contributed by atoms with Crippen LogP contribution in [0, 0.1) is 0 Å². The quantitative estimate of drug-likeness (QED) is 0.335. The van der Waals surface area contributed by atoms with Crippen molar-refractivity contribution in [1.29, 1.82) is 0 Å². The van der Waals surface area contributed by atoms with Crippen LogP contribution in [0.4, 0.5) is 0 Å². The summed E-state index contributed by atoms with van der Waals surface area (Å²) < 4.78 is 0. The normalized spacial score (nSPS) is 11.2. The molecule has 0 heterocycles. The first-order chi connectivity index (χ1) is 13.5. The second-order valence-corrected chi connectivity index (χ2v) is 6.25. The van der Waals surface area contributed by atoms with Crippen LogP contribution in [0.15, 0.2) is 72.8 Å². The fraction of sp³-hybridized carbons (Fsp3) is 0.167. The van der Waals surface area contributed by atoms with Gasteiger partial charge < -0.3 is 20.4 Å². The first kappa shape index (κ1) is 20.9. The van der Waals surface area contributed by atoms with Gasteiger partial charge in [0.25, 0.3) is 0 Å². The molecule has 4 nitrogen and oxygen atoms in total. The molecule has 146 valence electrons. The Labute approximate surface area is 165 Å². The van der Waals surface area contributed by atoms with Crippen molar-refractivity contribution < 1.29 is 20.4 Å². The largest absolute Gasteiger partial charge is 0.508 e. The van der Waals surface area contributed by atoms with Crippen LogP contribution in [0.3, 0.4) is 0 Å². The monoisotopic (exact) mass is 378 g/mol. The average Bonchev–Trinajstić information content (AvgIpc) is 2.71. The van der Waals surface area contributed by atoms with Crippen LogP contribution in [0.25, 0.3) is 11.1 Å². The molecule has 0 unspecified atom stereocenters. The van der Waals surface area contributed by atoms with Crippen LogP contribution in [0.1, 0.15) is 37.8 Å². The van der Waals surface area contributed by atoms with E-state index in [1.165, 1.54) is 23.3 Å². The lowest BCUT2D eigenvalue weighted by Crippen LogP contribution is -1.91. The molecule has 0 spiro atoms. The second-order valence-electron chi connectivity index (χ2n) is 6.25. The van der Waals surface area contributed by atoms with Crippen LogP contribution in [-0.2, 0) is 0 Å². The summed E-state index contributed by atoms with van der Waals surface area (Å²) in [4.78, 5) is 0. The zero-order valence-electron chi connectivity index (χ0n) is 16.1. The summed E-state index contributed by atoms with van der Waals surface area (Å²) >= 11 is 0. The lowest BCUT2D eigenvalue weighted by molar-refractivity contribution is 0.404. The van der Waals surface area contributed by atoms with Crippen LogP contribution in [0.5, 0.6) is 23.0 Å². The molecule has 0 amide bonds. The second kappa shape index (κ2) is 10.1. The van der Waals surface area contributed by atoms with Gasteiger partial charge in [-0.3, -0.25) is 0 Å². The maximum absolute atomic E-state index is 9.41. The number of para-hydroxylation sites is 2. The van der Waals surface area contributed by atoms with Gasteiger partial charge in [-0.05, 0) is 71.5 Å². The summed E-state index contributed by atoms with van der Waals surface area (Å²) in [5.74, 6) is 0.416. The van der Waals surface area contributed by atoms with Crippen molar-refractivity contribution in [3.8, 4) is 23.0 Å². The Balaban J connectivity index is 0.000000292. The Hall–Kier alpha value is -3.40. The predicted molar refractivity (Wildman–Crippen MR) is 113 cm³/mol. The molecule has 4 N–H and O–H groups in total. The van der Waals surface area contributed by atoms with Crippen LogP contribution >= 0.6 is 0 Å². The number of benzene rings is 3. The molecule has 4 heteroatoms. The molecule has 0 fully saturated rings. The van der Waals surface area contributed by atoms with Gasteiger partial charge in [0, 0.05) is 0 Å². The maximum atomic E-state index is 9.41. The third kappa shape index (κ3) is 5.55. The molecule has 0 aliphatic heterocycles. The maximum Gasteiger partial charge on any atom is 0.157 e. The Morgan fingerprint density at radius 3 is 1.11 bits per heavy atom. The van der Waals surface area contributed by atoms with E-state index in [9.17, 15) is 10.2 Å². The van der Waals surface area contributed by atoms with Crippen molar-refractivity contribution >= 4 is 11.1 Å². The van der Waals surface area contributed by atoms with Gasteiger partial charge >= 0.3 is 0 Å². The third-order valence-electron chi connectivity index (χ3n) is 4.38. The summed E-state index contributed by atoms with van der Waals surface area (Å²) in [5.41, 5.74) is 4.82. The fourth-order valence-corrected chi connectivity index (χ4v) is 2.97. The summed E-state index contributed by atoms with van der Waals surface area (Å²) in [7, 11) is 0. The molecule has 0 aliphatic carbocycles. The van der Waals surface area contributed by atoms with Gasteiger partial charge in [0.2, 0.25) is 0 Å². The SMILES string of the molecule is CC/C(=C(/CC)c1ccc(O)cc1)c1ccc(O)cc1.Oc1ccccc1O. The third-order valence-corrected chi connectivity index (χ3v) is 4.38. The predicted octanol–water partition coefficient (Wildman–Crippen LogP) is 5.93. The van der Waals surface area contributed by atoms with Gasteiger partial charge in [-0.15, -0.1) is 0 Å². The van der Waals surface area contributed by atoms with E-state index < -0.39 is 0 Å². The van der Waals surface area contributed by atoms with Crippen LogP contribution in [0.2, 0.25) is 0 Å². The van der Waals surface area contributed by atoms with Crippen molar-refractivity contribution in [1.82, 2.24) is 0 Å². The average molecular weight is 378 g/mol. The first-order valence-electron chi connectivity index (χ1n) is 9.24. The number of aromatic hydroxyl groups is 4. The van der Waals surface area contributed by atoms with E-state index in [1.807, 2.05) is 24.3 Å². The highest BCUT2D eigenvalue weighted by Crippen LogP contribution is 2.32. The topological polar surface area (TPSA) is 80.9 Å². The molecule has 0 bridgehead atoms. The molecule has 3 aromatic rings. The molecule has 3 aromatic carbocycles. The van der Waals surface area contributed by atoms with Crippen molar-refractivity contribution in [2.75, 3.05) is 0 Å². The summed E-state index contributed by atoms with van der Waals surface area (Å²) in [5, 5.41) is 36.2. The minimum atomic E-state index is -0.0764. The smallest absolute Gasteiger partial charge is 0.157 e. The molecular formula is C24H26O4. The minimum Gasteiger partial charge on any atom is -0.508 e. The van der Waals surface area contributed by atoms with Gasteiger partial charge in [-0.1, -0.05) is 50.2 Å². The molecule has 0 saturated heterocycles. The molecule has 0 aliphatic rings. The van der Waals surface area contributed by atoms with E-state index in [2.05, 4.69) is 13.8 Å². The number of rotatable bonds is 4. The van der Waals surface area contributed by atoms with Crippen molar-refractivity contribution in [3.05, 3.63) is 83.9 Å². The molecule has 0 atom stereocenters. The van der Waals surface area contributed by atoms with Crippen LogP contribution in [-0.4, -0.2) is 20.4 Å². The van der Waals surface area contributed by atoms with Gasteiger partial charge in [-0.2, -0.15) is 0 Å². The van der Waals surface area contributed by atoms with E-state index in [1.54, 1.807) is 36.4 Å². The number of hydrogen-bond acceptors (Lipinski definition) is 4. The first-order valence-corrected chi connectivity index (χ1v) is 9.24. The Bertz CT molecular complexity index is 834. The highest BCUT2D eigenvalue weighted by molar-refractivity contribution is 5.90. The van der Waals surface area contributed by atoms with Gasteiger partial charge in [0.05, 0.1) is 0 Å². The Kier molecular flexibility index (Phi) is 7.52. The van der Waals surface area contributed by atoms with E-state index in [0.29, 0.717) is 0 Å². The lowest BCUT2D eigenvalue weighted by atomic mass is 9.91. The number of phenolic OH excluding ortho intramolecular Hbond substituents is 4. The Morgan fingerprint density at radius 1 is 0.536 bits per heavy atom.